The van der Waals surface area contributed by atoms with E-state index in [0.717, 1.165) is 19.4 Å². The number of hydrogen-bond acceptors (Lipinski definition) is 5. The SMILES string of the molecule is CCCN1CCCN(C(=O)Nc2cnn(-c3ncccn3)c2)CC1=O. The van der Waals surface area contributed by atoms with Crippen molar-refractivity contribution in [2.24, 2.45) is 0 Å². The van der Waals surface area contributed by atoms with Gasteiger partial charge in [-0.3, -0.25) is 4.79 Å². The molecule has 9 heteroatoms. The van der Waals surface area contributed by atoms with Crippen LogP contribution in [0.1, 0.15) is 19.8 Å². The van der Waals surface area contributed by atoms with E-state index in [4.69, 9.17) is 0 Å². The Kier molecular flexibility index (Phi) is 5.22. The molecular formula is C16H21N7O2. The van der Waals surface area contributed by atoms with Crippen molar-refractivity contribution in [3.05, 3.63) is 30.9 Å². The molecule has 3 rings (SSSR count). The molecule has 25 heavy (non-hydrogen) atoms. The summed E-state index contributed by atoms with van der Waals surface area (Å²) in [6.07, 6.45) is 8.09. The highest BCUT2D eigenvalue weighted by atomic mass is 16.2. The van der Waals surface area contributed by atoms with Gasteiger partial charge in [0.15, 0.2) is 0 Å². The van der Waals surface area contributed by atoms with Crippen molar-refractivity contribution in [2.45, 2.75) is 19.8 Å². The molecule has 2 aromatic rings. The van der Waals surface area contributed by atoms with Crippen molar-refractivity contribution < 1.29 is 9.59 Å². The van der Waals surface area contributed by atoms with Gasteiger partial charge in [-0.05, 0) is 18.9 Å². The minimum absolute atomic E-state index is 0.0112. The van der Waals surface area contributed by atoms with E-state index in [9.17, 15) is 9.59 Å². The quantitative estimate of drug-likeness (QED) is 0.898. The standard InChI is InChI=1S/C16H21N7O2/c1-2-7-21-8-4-9-22(12-14(21)24)16(25)20-13-10-19-23(11-13)15-17-5-3-6-18-15/h3,5-6,10-11H,2,4,7-9,12H2,1H3,(H,20,25). The van der Waals surface area contributed by atoms with Gasteiger partial charge in [0.05, 0.1) is 18.1 Å². The van der Waals surface area contributed by atoms with Gasteiger partial charge in [-0.15, -0.1) is 0 Å². The van der Waals surface area contributed by atoms with E-state index < -0.39 is 0 Å². The first-order valence-corrected chi connectivity index (χ1v) is 8.33. The maximum atomic E-state index is 12.5. The molecule has 0 spiro atoms. The molecule has 132 valence electrons. The molecule has 1 aliphatic heterocycles. The normalized spacial score (nSPS) is 15.2. The fraction of sp³-hybridized carbons (Fsp3) is 0.438. The molecule has 1 aliphatic rings. The molecule has 0 unspecified atom stereocenters. The molecule has 0 radical (unpaired) electrons. The highest BCUT2D eigenvalue weighted by Crippen LogP contribution is 2.11. The van der Waals surface area contributed by atoms with Gasteiger partial charge in [0.2, 0.25) is 11.9 Å². The average molecular weight is 343 g/mol. The maximum Gasteiger partial charge on any atom is 0.322 e. The third-order valence-corrected chi connectivity index (χ3v) is 3.91. The molecule has 1 N–H and O–H groups in total. The maximum absolute atomic E-state index is 12.5. The van der Waals surface area contributed by atoms with Gasteiger partial charge in [0.1, 0.15) is 6.54 Å². The zero-order chi connectivity index (χ0) is 17.6. The number of carbonyl (C=O) groups excluding carboxylic acids is 2. The number of anilines is 1. The summed E-state index contributed by atoms with van der Waals surface area (Å²) in [5.74, 6) is 0.408. The van der Waals surface area contributed by atoms with E-state index in [1.165, 1.54) is 15.8 Å². The monoisotopic (exact) mass is 343 g/mol. The van der Waals surface area contributed by atoms with Crippen molar-refractivity contribution in [1.29, 1.82) is 0 Å². The Morgan fingerprint density at radius 2 is 2.08 bits per heavy atom. The molecule has 1 saturated heterocycles. The summed E-state index contributed by atoms with van der Waals surface area (Å²) in [7, 11) is 0. The number of nitrogens with one attached hydrogen (secondary N) is 1. The lowest BCUT2D eigenvalue weighted by molar-refractivity contribution is -0.130. The number of urea groups is 1. The third-order valence-electron chi connectivity index (χ3n) is 3.91. The smallest absolute Gasteiger partial charge is 0.322 e. The highest BCUT2D eigenvalue weighted by Gasteiger charge is 2.24. The molecule has 0 bridgehead atoms. The zero-order valence-corrected chi connectivity index (χ0v) is 14.1. The van der Waals surface area contributed by atoms with Gasteiger partial charge in [-0.25, -0.2) is 19.4 Å². The number of rotatable bonds is 4. The van der Waals surface area contributed by atoms with Crippen LogP contribution in [0, 0.1) is 0 Å². The fourth-order valence-electron chi connectivity index (χ4n) is 2.71. The lowest BCUT2D eigenvalue weighted by Gasteiger charge is -2.21. The lowest BCUT2D eigenvalue weighted by atomic mass is 10.3. The molecular weight excluding hydrogens is 322 g/mol. The van der Waals surface area contributed by atoms with Crippen LogP contribution < -0.4 is 5.32 Å². The first-order valence-electron chi connectivity index (χ1n) is 8.33. The number of hydrogen-bond donors (Lipinski definition) is 1. The summed E-state index contributed by atoms with van der Waals surface area (Å²) in [4.78, 5) is 36.2. The first kappa shape index (κ1) is 16.9. The topological polar surface area (TPSA) is 96.2 Å². The van der Waals surface area contributed by atoms with Gasteiger partial charge in [-0.2, -0.15) is 5.10 Å². The molecule has 0 aromatic carbocycles. The summed E-state index contributed by atoms with van der Waals surface area (Å²) in [6, 6.07) is 1.41. The van der Waals surface area contributed by atoms with Crippen molar-refractivity contribution in [3.8, 4) is 5.95 Å². The number of aromatic nitrogens is 4. The van der Waals surface area contributed by atoms with E-state index in [1.54, 1.807) is 24.7 Å². The Morgan fingerprint density at radius 1 is 1.28 bits per heavy atom. The Morgan fingerprint density at radius 3 is 2.84 bits per heavy atom. The fourth-order valence-corrected chi connectivity index (χ4v) is 2.71. The summed E-state index contributed by atoms with van der Waals surface area (Å²) in [5, 5.41) is 6.91. The van der Waals surface area contributed by atoms with E-state index in [1.807, 2.05) is 11.8 Å². The molecule has 9 nitrogen and oxygen atoms in total. The summed E-state index contributed by atoms with van der Waals surface area (Å²) in [5.41, 5.74) is 0.527. The van der Waals surface area contributed by atoms with Crippen molar-refractivity contribution >= 4 is 17.6 Å². The van der Waals surface area contributed by atoms with Crippen molar-refractivity contribution in [1.82, 2.24) is 29.5 Å². The Bertz CT molecular complexity index is 731. The molecule has 2 aromatic heterocycles. The zero-order valence-electron chi connectivity index (χ0n) is 14.1. The second kappa shape index (κ2) is 7.73. The first-order chi connectivity index (χ1) is 12.2. The van der Waals surface area contributed by atoms with Gasteiger partial charge in [0, 0.05) is 32.0 Å². The Hall–Kier alpha value is -2.97. The van der Waals surface area contributed by atoms with E-state index in [-0.39, 0.29) is 18.5 Å². The molecule has 1 fully saturated rings. The highest BCUT2D eigenvalue weighted by molar-refractivity contribution is 5.92. The Balaban J connectivity index is 1.62. The van der Waals surface area contributed by atoms with Crippen LogP contribution in [0.4, 0.5) is 10.5 Å². The summed E-state index contributed by atoms with van der Waals surface area (Å²) in [6.45, 7) is 4.12. The van der Waals surface area contributed by atoms with E-state index in [0.29, 0.717) is 24.7 Å². The molecule has 3 amide bonds. The van der Waals surface area contributed by atoms with Crippen LogP contribution in [-0.4, -0.2) is 67.7 Å². The number of nitrogens with zero attached hydrogens (tertiary/aromatic N) is 6. The van der Waals surface area contributed by atoms with Gasteiger partial charge in [-0.1, -0.05) is 6.92 Å². The minimum Gasteiger partial charge on any atom is -0.341 e. The molecule has 0 aliphatic carbocycles. The van der Waals surface area contributed by atoms with Gasteiger partial charge < -0.3 is 15.1 Å². The second-order valence-electron chi connectivity index (χ2n) is 5.81. The number of amides is 3. The van der Waals surface area contributed by atoms with E-state index in [2.05, 4.69) is 20.4 Å². The van der Waals surface area contributed by atoms with Crippen LogP contribution in [0.3, 0.4) is 0 Å². The number of carbonyl (C=O) groups is 2. The van der Waals surface area contributed by atoms with Crippen LogP contribution in [0.25, 0.3) is 5.95 Å². The largest absolute Gasteiger partial charge is 0.341 e. The van der Waals surface area contributed by atoms with Gasteiger partial charge in [0.25, 0.3) is 0 Å². The van der Waals surface area contributed by atoms with Crippen molar-refractivity contribution in [3.63, 3.8) is 0 Å². The molecule has 3 heterocycles. The third kappa shape index (κ3) is 4.11. The molecule has 0 saturated carbocycles. The second-order valence-corrected chi connectivity index (χ2v) is 5.81. The van der Waals surface area contributed by atoms with Crippen LogP contribution in [0.2, 0.25) is 0 Å². The van der Waals surface area contributed by atoms with E-state index >= 15 is 0 Å². The lowest BCUT2D eigenvalue weighted by Crippen LogP contribution is -2.41. The summed E-state index contributed by atoms with van der Waals surface area (Å²) >= 11 is 0. The van der Waals surface area contributed by atoms with Crippen LogP contribution in [0.5, 0.6) is 0 Å². The Labute approximate surface area is 145 Å². The van der Waals surface area contributed by atoms with Crippen LogP contribution >= 0.6 is 0 Å². The minimum atomic E-state index is -0.305. The summed E-state index contributed by atoms with van der Waals surface area (Å²) < 4.78 is 1.48. The van der Waals surface area contributed by atoms with Crippen LogP contribution in [0.15, 0.2) is 30.9 Å². The predicted molar refractivity (Wildman–Crippen MR) is 91.2 cm³/mol. The predicted octanol–water partition coefficient (Wildman–Crippen LogP) is 1.14. The van der Waals surface area contributed by atoms with Crippen LogP contribution in [-0.2, 0) is 4.79 Å². The average Bonchev–Trinajstić information content (AvgIpc) is 3.01. The molecule has 0 atom stereocenters. The van der Waals surface area contributed by atoms with Crippen molar-refractivity contribution in [2.75, 3.05) is 31.5 Å². The van der Waals surface area contributed by atoms with Gasteiger partial charge >= 0.3 is 6.03 Å².